The molecule has 1 aliphatic heterocycles. The Labute approximate surface area is 155 Å². The van der Waals surface area contributed by atoms with Crippen molar-refractivity contribution in [1.82, 2.24) is 10.2 Å². The summed E-state index contributed by atoms with van der Waals surface area (Å²) in [6, 6.07) is 7.35. The van der Waals surface area contributed by atoms with E-state index in [9.17, 15) is 9.59 Å². The lowest BCUT2D eigenvalue weighted by molar-refractivity contribution is -0.132. The van der Waals surface area contributed by atoms with Crippen LogP contribution in [0.3, 0.4) is 0 Å². The third-order valence-electron chi connectivity index (χ3n) is 4.38. The molecular formula is C18H28ClN3O3. The first kappa shape index (κ1) is 21.4. The van der Waals surface area contributed by atoms with Crippen molar-refractivity contribution < 1.29 is 14.3 Å². The Morgan fingerprint density at radius 2 is 1.84 bits per heavy atom. The van der Waals surface area contributed by atoms with Gasteiger partial charge in [-0.1, -0.05) is 12.1 Å². The summed E-state index contributed by atoms with van der Waals surface area (Å²) < 4.78 is 5.58. The first-order valence-corrected chi connectivity index (χ1v) is 8.60. The summed E-state index contributed by atoms with van der Waals surface area (Å²) in [6.07, 6.45) is 1.13. The van der Waals surface area contributed by atoms with Crippen LogP contribution >= 0.6 is 12.4 Å². The molecule has 25 heavy (non-hydrogen) atoms. The number of nitrogens with one attached hydrogen (secondary N) is 1. The van der Waals surface area contributed by atoms with Gasteiger partial charge in [-0.15, -0.1) is 12.4 Å². The number of nitrogens with zero attached hydrogens (tertiary/aromatic N) is 1. The first-order valence-electron chi connectivity index (χ1n) is 8.60. The zero-order valence-electron chi connectivity index (χ0n) is 14.9. The number of hydrogen-bond donors (Lipinski definition) is 2. The van der Waals surface area contributed by atoms with Gasteiger partial charge in [0.05, 0.1) is 6.10 Å². The highest BCUT2D eigenvalue weighted by Crippen LogP contribution is 2.19. The topological polar surface area (TPSA) is 84.7 Å². The van der Waals surface area contributed by atoms with Crippen LogP contribution in [0.15, 0.2) is 24.3 Å². The predicted octanol–water partition coefficient (Wildman–Crippen LogP) is 1.71. The van der Waals surface area contributed by atoms with E-state index in [2.05, 4.69) is 5.32 Å². The molecule has 1 heterocycles. The molecule has 1 saturated heterocycles. The smallest absolute Gasteiger partial charge is 0.253 e. The summed E-state index contributed by atoms with van der Waals surface area (Å²) in [6.45, 7) is 6.19. The number of halogens is 1. The molecule has 0 bridgehead atoms. The van der Waals surface area contributed by atoms with Gasteiger partial charge < -0.3 is 20.7 Å². The maximum atomic E-state index is 12.2. The standard InChI is InChI=1S/C18H27N3O3.ClH/c1-3-21(4-2)18(23)14-7-5-13(6-8-14)12-20-17(22)16-10-9-15(11-19)24-16;/h5-8,15-16H,3-4,9-12,19H2,1-2H3,(H,20,22);1H/t15-,16+;/m1./s1. The molecule has 140 valence electrons. The number of benzene rings is 1. The SMILES string of the molecule is CCN(CC)C(=O)c1ccc(CNC(=O)[C@@H]2CC[C@H](CN)O2)cc1.Cl. The number of amides is 2. The highest BCUT2D eigenvalue weighted by atomic mass is 35.5. The van der Waals surface area contributed by atoms with Gasteiger partial charge in [-0.3, -0.25) is 9.59 Å². The Morgan fingerprint density at radius 3 is 2.36 bits per heavy atom. The van der Waals surface area contributed by atoms with Crippen molar-refractivity contribution in [1.29, 1.82) is 0 Å². The van der Waals surface area contributed by atoms with Gasteiger partial charge in [0, 0.05) is 31.7 Å². The Morgan fingerprint density at radius 1 is 1.20 bits per heavy atom. The van der Waals surface area contributed by atoms with E-state index in [1.165, 1.54) is 0 Å². The lowest BCUT2D eigenvalue weighted by Crippen LogP contribution is -2.35. The van der Waals surface area contributed by atoms with Crippen LogP contribution in [0.5, 0.6) is 0 Å². The van der Waals surface area contributed by atoms with Gasteiger partial charge in [0.15, 0.2) is 0 Å². The summed E-state index contributed by atoms with van der Waals surface area (Å²) in [5.41, 5.74) is 7.17. The van der Waals surface area contributed by atoms with Gasteiger partial charge in [0.25, 0.3) is 5.91 Å². The zero-order valence-corrected chi connectivity index (χ0v) is 15.7. The van der Waals surface area contributed by atoms with Crippen molar-refractivity contribution >= 4 is 24.2 Å². The van der Waals surface area contributed by atoms with E-state index in [1.807, 2.05) is 26.0 Å². The Balaban J connectivity index is 0.00000312. The monoisotopic (exact) mass is 369 g/mol. The Hall–Kier alpha value is -1.63. The molecular weight excluding hydrogens is 342 g/mol. The minimum absolute atomic E-state index is 0. The number of ether oxygens (including phenoxy) is 1. The average Bonchev–Trinajstić information content (AvgIpc) is 3.10. The normalized spacial score (nSPS) is 19.2. The minimum atomic E-state index is -0.401. The van der Waals surface area contributed by atoms with Crippen LogP contribution in [-0.2, 0) is 16.1 Å². The molecule has 0 saturated carbocycles. The van der Waals surface area contributed by atoms with Crippen molar-refractivity contribution in [3.63, 3.8) is 0 Å². The number of carbonyl (C=O) groups is 2. The van der Waals surface area contributed by atoms with E-state index in [0.29, 0.717) is 38.2 Å². The molecule has 0 aromatic heterocycles. The zero-order chi connectivity index (χ0) is 17.5. The Bertz CT molecular complexity index is 561. The number of carbonyl (C=O) groups excluding carboxylic acids is 2. The predicted molar refractivity (Wildman–Crippen MR) is 99.7 cm³/mol. The number of nitrogens with two attached hydrogens (primary N) is 1. The molecule has 2 amide bonds. The Kier molecular flexibility index (Phi) is 8.89. The van der Waals surface area contributed by atoms with Crippen LogP contribution < -0.4 is 11.1 Å². The molecule has 0 aliphatic carbocycles. The quantitative estimate of drug-likeness (QED) is 0.766. The summed E-state index contributed by atoms with van der Waals surface area (Å²) in [4.78, 5) is 26.1. The number of rotatable bonds is 7. The molecule has 7 heteroatoms. The lowest BCUT2D eigenvalue weighted by Gasteiger charge is -2.18. The third kappa shape index (κ3) is 5.70. The molecule has 0 spiro atoms. The number of hydrogen-bond acceptors (Lipinski definition) is 4. The van der Waals surface area contributed by atoms with Crippen LogP contribution in [0.2, 0.25) is 0 Å². The summed E-state index contributed by atoms with van der Waals surface area (Å²) >= 11 is 0. The molecule has 1 aromatic rings. The molecule has 3 N–H and O–H groups in total. The molecule has 1 aromatic carbocycles. The van der Waals surface area contributed by atoms with Crippen LogP contribution in [0.4, 0.5) is 0 Å². The maximum Gasteiger partial charge on any atom is 0.253 e. The molecule has 0 unspecified atom stereocenters. The fourth-order valence-corrected chi connectivity index (χ4v) is 2.83. The molecule has 2 atom stereocenters. The first-order chi connectivity index (χ1) is 11.6. The van der Waals surface area contributed by atoms with E-state index in [1.54, 1.807) is 17.0 Å². The summed E-state index contributed by atoms with van der Waals surface area (Å²) in [5.74, 6) is -0.0722. The minimum Gasteiger partial charge on any atom is -0.364 e. The van der Waals surface area contributed by atoms with Crippen molar-refractivity contribution in [3.05, 3.63) is 35.4 Å². The second kappa shape index (κ2) is 10.4. The fourth-order valence-electron chi connectivity index (χ4n) is 2.83. The van der Waals surface area contributed by atoms with Crippen LogP contribution in [0.25, 0.3) is 0 Å². The highest BCUT2D eigenvalue weighted by Gasteiger charge is 2.29. The average molecular weight is 370 g/mol. The summed E-state index contributed by atoms with van der Waals surface area (Å²) in [7, 11) is 0. The van der Waals surface area contributed by atoms with Crippen molar-refractivity contribution in [3.8, 4) is 0 Å². The second-order valence-electron chi connectivity index (χ2n) is 5.95. The van der Waals surface area contributed by atoms with Gasteiger partial charge >= 0.3 is 0 Å². The lowest BCUT2D eigenvalue weighted by atomic mass is 10.1. The third-order valence-corrected chi connectivity index (χ3v) is 4.38. The fraction of sp³-hybridized carbons (Fsp3) is 0.556. The van der Waals surface area contributed by atoms with E-state index in [-0.39, 0.29) is 30.3 Å². The second-order valence-corrected chi connectivity index (χ2v) is 5.95. The van der Waals surface area contributed by atoms with Crippen LogP contribution in [0, 0.1) is 0 Å². The molecule has 1 aliphatic rings. The highest BCUT2D eigenvalue weighted by molar-refractivity contribution is 5.94. The molecule has 0 radical (unpaired) electrons. The van der Waals surface area contributed by atoms with Gasteiger partial charge in [0.2, 0.25) is 5.91 Å². The van der Waals surface area contributed by atoms with E-state index >= 15 is 0 Å². The molecule has 1 fully saturated rings. The van der Waals surface area contributed by atoms with E-state index in [0.717, 1.165) is 12.0 Å². The van der Waals surface area contributed by atoms with Gasteiger partial charge in [-0.05, 0) is 44.4 Å². The summed E-state index contributed by atoms with van der Waals surface area (Å²) in [5, 5.41) is 2.88. The maximum absolute atomic E-state index is 12.2. The van der Waals surface area contributed by atoms with Gasteiger partial charge in [0.1, 0.15) is 6.10 Å². The van der Waals surface area contributed by atoms with Gasteiger partial charge in [-0.2, -0.15) is 0 Å². The molecule has 6 nitrogen and oxygen atoms in total. The van der Waals surface area contributed by atoms with Gasteiger partial charge in [-0.25, -0.2) is 0 Å². The molecule has 2 rings (SSSR count). The van der Waals surface area contributed by atoms with Crippen molar-refractivity contribution in [2.24, 2.45) is 5.73 Å². The largest absolute Gasteiger partial charge is 0.364 e. The van der Waals surface area contributed by atoms with Crippen LogP contribution in [-0.4, -0.2) is 48.6 Å². The van der Waals surface area contributed by atoms with Crippen molar-refractivity contribution in [2.45, 2.75) is 45.4 Å². The van der Waals surface area contributed by atoms with Crippen LogP contribution in [0.1, 0.15) is 42.6 Å². The van der Waals surface area contributed by atoms with Crippen molar-refractivity contribution in [2.75, 3.05) is 19.6 Å². The van der Waals surface area contributed by atoms with E-state index in [4.69, 9.17) is 10.5 Å². The van der Waals surface area contributed by atoms with E-state index < -0.39 is 6.10 Å².